The molecule has 0 aromatic rings. The summed E-state index contributed by atoms with van der Waals surface area (Å²) >= 11 is 0. The highest BCUT2D eigenvalue weighted by Gasteiger charge is 2.27. The fourth-order valence-corrected chi connectivity index (χ4v) is 0.671. The lowest BCUT2D eigenvalue weighted by Crippen LogP contribution is -2.35. The lowest BCUT2D eigenvalue weighted by Gasteiger charge is -2.10. The zero-order valence-corrected chi connectivity index (χ0v) is 8.54. The van der Waals surface area contributed by atoms with Gasteiger partial charge >= 0.3 is 6.18 Å². The highest BCUT2D eigenvalue weighted by Crippen LogP contribution is 2.12. The van der Waals surface area contributed by atoms with Crippen LogP contribution < -0.4 is 11.1 Å². The first-order valence-corrected chi connectivity index (χ1v) is 3.88. The maximum Gasteiger partial charge on any atom is 0.405 e. The largest absolute Gasteiger partial charge is 0.405 e. The second-order valence-corrected chi connectivity index (χ2v) is 2.94. The van der Waals surface area contributed by atoms with Crippen LogP contribution in [0.15, 0.2) is 0 Å². The quantitative estimate of drug-likeness (QED) is 0.765. The fourth-order valence-electron chi connectivity index (χ4n) is 0.671. The first kappa shape index (κ1) is 16.0. The Bertz CT molecular complexity index is 175. The number of alkyl halides is 3. The SMILES string of the molecule is CC(CN)CC(=O)NCC(F)(F)F.Cl. The molecule has 1 atom stereocenters. The Hall–Kier alpha value is -0.490. The molecule has 0 aliphatic rings. The topological polar surface area (TPSA) is 55.1 Å². The van der Waals surface area contributed by atoms with Crippen LogP contribution in [-0.2, 0) is 4.79 Å². The third kappa shape index (κ3) is 9.60. The standard InChI is InChI=1S/C7H13F3N2O.ClH/c1-5(3-11)2-6(13)12-4-7(8,9)10;/h5H,2-4,11H2,1H3,(H,12,13);1H. The molecule has 1 unspecified atom stereocenters. The lowest BCUT2D eigenvalue weighted by atomic mass is 10.1. The molecule has 0 saturated heterocycles. The average Bonchev–Trinajstić information content (AvgIpc) is 1.99. The molecule has 1 amide bonds. The molecule has 0 aromatic heterocycles. The molecule has 0 spiro atoms. The van der Waals surface area contributed by atoms with Gasteiger partial charge in [-0.3, -0.25) is 4.79 Å². The molecule has 7 heteroatoms. The van der Waals surface area contributed by atoms with E-state index in [1.165, 1.54) is 0 Å². The Morgan fingerprint density at radius 1 is 1.50 bits per heavy atom. The van der Waals surface area contributed by atoms with E-state index in [0.717, 1.165) is 0 Å². The van der Waals surface area contributed by atoms with Crippen molar-refractivity contribution in [3.63, 3.8) is 0 Å². The molecular weight excluding hydrogens is 221 g/mol. The molecular formula is C7H14ClF3N2O. The Labute approximate surface area is 86.6 Å². The molecule has 0 bridgehead atoms. The summed E-state index contributed by atoms with van der Waals surface area (Å²) in [5, 5.41) is 1.77. The summed E-state index contributed by atoms with van der Waals surface area (Å²) in [4.78, 5) is 10.8. The number of hydrogen-bond donors (Lipinski definition) is 2. The second kappa shape index (κ2) is 6.89. The number of amides is 1. The molecule has 0 aromatic carbocycles. The van der Waals surface area contributed by atoms with Gasteiger partial charge in [0.05, 0.1) is 0 Å². The molecule has 86 valence electrons. The number of rotatable bonds is 4. The van der Waals surface area contributed by atoms with Gasteiger partial charge in [-0.15, -0.1) is 12.4 Å². The molecule has 3 nitrogen and oxygen atoms in total. The predicted molar refractivity (Wildman–Crippen MR) is 49.1 cm³/mol. The Morgan fingerprint density at radius 3 is 2.36 bits per heavy atom. The second-order valence-electron chi connectivity index (χ2n) is 2.94. The summed E-state index contributed by atoms with van der Waals surface area (Å²) in [7, 11) is 0. The van der Waals surface area contributed by atoms with Gasteiger partial charge in [0.15, 0.2) is 0 Å². The van der Waals surface area contributed by atoms with Gasteiger partial charge in [0, 0.05) is 6.42 Å². The van der Waals surface area contributed by atoms with E-state index in [0.29, 0.717) is 6.54 Å². The first-order valence-electron chi connectivity index (χ1n) is 3.88. The minimum Gasteiger partial charge on any atom is -0.347 e. The van der Waals surface area contributed by atoms with Gasteiger partial charge in [0.2, 0.25) is 5.91 Å². The van der Waals surface area contributed by atoms with Gasteiger partial charge < -0.3 is 11.1 Å². The maximum atomic E-state index is 11.6. The number of halogens is 4. The Kier molecular flexibility index (Phi) is 7.85. The van der Waals surface area contributed by atoms with Crippen LogP contribution in [-0.4, -0.2) is 25.2 Å². The minimum atomic E-state index is -4.35. The molecule has 0 aliphatic heterocycles. The summed E-state index contributed by atoms with van der Waals surface area (Å²) in [6.45, 7) is 0.718. The predicted octanol–water partition coefficient (Wildman–Crippen LogP) is 1.07. The monoisotopic (exact) mass is 234 g/mol. The number of carbonyl (C=O) groups excluding carboxylic acids is 1. The molecule has 0 aliphatic carbocycles. The van der Waals surface area contributed by atoms with E-state index in [4.69, 9.17) is 5.73 Å². The number of hydrogen-bond acceptors (Lipinski definition) is 2. The van der Waals surface area contributed by atoms with Crippen LogP contribution in [0.25, 0.3) is 0 Å². The van der Waals surface area contributed by atoms with Crippen molar-refractivity contribution < 1.29 is 18.0 Å². The molecule has 0 radical (unpaired) electrons. The molecule has 0 rings (SSSR count). The van der Waals surface area contributed by atoms with Crippen LogP contribution in [0.2, 0.25) is 0 Å². The number of nitrogens with one attached hydrogen (secondary N) is 1. The van der Waals surface area contributed by atoms with Crippen molar-refractivity contribution in [2.24, 2.45) is 11.7 Å². The zero-order chi connectivity index (χ0) is 10.5. The molecule has 0 saturated carbocycles. The highest BCUT2D eigenvalue weighted by molar-refractivity contribution is 5.85. The van der Waals surface area contributed by atoms with Crippen LogP contribution in [0.5, 0.6) is 0 Å². The van der Waals surface area contributed by atoms with E-state index in [-0.39, 0.29) is 24.7 Å². The van der Waals surface area contributed by atoms with Crippen molar-refractivity contribution in [2.45, 2.75) is 19.5 Å². The van der Waals surface area contributed by atoms with Crippen molar-refractivity contribution >= 4 is 18.3 Å². The third-order valence-electron chi connectivity index (χ3n) is 1.42. The molecule has 14 heavy (non-hydrogen) atoms. The van der Waals surface area contributed by atoms with E-state index in [2.05, 4.69) is 0 Å². The normalized spacial score (nSPS) is 12.9. The van der Waals surface area contributed by atoms with Crippen molar-refractivity contribution in [2.75, 3.05) is 13.1 Å². The van der Waals surface area contributed by atoms with Gasteiger partial charge in [-0.2, -0.15) is 13.2 Å². The zero-order valence-electron chi connectivity index (χ0n) is 7.73. The van der Waals surface area contributed by atoms with Crippen LogP contribution in [0.1, 0.15) is 13.3 Å². The van der Waals surface area contributed by atoms with Gasteiger partial charge in [-0.1, -0.05) is 6.92 Å². The number of carbonyl (C=O) groups is 1. The van der Waals surface area contributed by atoms with Crippen LogP contribution in [0.3, 0.4) is 0 Å². The summed E-state index contributed by atoms with van der Waals surface area (Å²) in [6.07, 6.45) is -4.31. The van der Waals surface area contributed by atoms with Gasteiger partial charge in [-0.05, 0) is 12.5 Å². The van der Waals surface area contributed by atoms with E-state index >= 15 is 0 Å². The summed E-state index contributed by atoms with van der Waals surface area (Å²) < 4.78 is 34.8. The highest BCUT2D eigenvalue weighted by atomic mass is 35.5. The smallest absolute Gasteiger partial charge is 0.347 e. The van der Waals surface area contributed by atoms with Crippen LogP contribution in [0, 0.1) is 5.92 Å². The van der Waals surface area contributed by atoms with Crippen molar-refractivity contribution in [3.8, 4) is 0 Å². The average molecular weight is 235 g/mol. The maximum absolute atomic E-state index is 11.6. The van der Waals surface area contributed by atoms with E-state index in [1.54, 1.807) is 12.2 Å². The summed E-state index contributed by atoms with van der Waals surface area (Å²) in [5.74, 6) is -0.705. The molecule has 0 heterocycles. The van der Waals surface area contributed by atoms with Gasteiger partial charge in [-0.25, -0.2) is 0 Å². The number of nitrogens with two attached hydrogens (primary N) is 1. The Morgan fingerprint density at radius 2 is 2.00 bits per heavy atom. The van der Waals surface area contributed by atoms with Crippen molar-refractivity contribution in [1.82, 2.24) is 5.32 Å². The first-order chi connectivity index (χ1) is 5.85. The molecule has 0 fully saturated rings. The van der Waals surface area contributed by atoms with Gasteiger partial charge in [0.25, 0.3) is 0 Å². The fraction of sp³-hybridized carbons (Fsp3) is 0.857. The van der Waals surface area contributed by atoms with Gasteiger partial charge in [0.1, 0.15) is 6.54 Å². The van der Waals surface area contributed by atoms with E-state index in [9.17, 15) is 18.0 Å². The van der Waals surface area contributed by atoms with Crippen molar-refractivity contribution in [3.05, 3.63) is 0 Å². The summed E-state index contributed by atoms with van der Waals surface area (Å²) in [5.41, 5.74) is 5.20. The lowest BCUT2D eigenvalue weighted by molar-refractivity contribution is -0.138. The van der Waals surface area contributed by atoms with Crippen LogP contribution in [0.4, 0.5) is 13.2 Å². The van der Waals surface area contributed by atoms with E-state index < -0.39 is 18.6 Å². The third-order valence-corrected chi connectivity index (χ3v) is 1.42. The summed E-state index contributed by atoms with van der Waals surface area (Å²) in [6, 6.07) is 0. The Balaban J connectivity index is 0. The molecule has 3 N–H and O–H groups in total. The minimum absolute atomic E-state index is 0. The van der Waals surface area contributed by atoms with Crippen molar-refractivity contribution in [1.29, 1.82) is 0 Å². The van der Waals surface area contributed by atoms with E-state index in [1.807, 2.05) is 0 Å². The van der Waals surface area contributed by atoms with Crippen LogP contribution >= 0.6 is 12.4 Å².